The fourth-order valence-corrected chi connectivity index (χ4v) is 2.24. The van der Waals surface area contributed by atoms with Crippen LogP contribution in [-0.4, -0.2) is 18.5 Å². The zero-order valence-electron chi connectivity index (χ0n) is 13.3. The largest absolute Gasteiger partial charge is 0.370 e. The smallest absolute Gasteiger partial charge is 0.321 e. The number of carbonyl (C=O) groups is 2. The van der Waals surface area contributed by atoms with Crippen LogP contribution in [0, 0.1) is 6.92 Å². The molecule has 1 atom stereocenters. The highest BCUT2D eigenvalue weighted by Crippen LogP contribution is 2.20. The lowest BCUT2D eigenvalue weighted by molar-refractivity contribution is -0.120. The molecule has 0 saturated carbocycles. The zero-order chi connectivity index (χ0) is 16.7. The molecule has 0 heterocycles. The first-order chi connectivity index (χ1) is 11.1. The van der Waals surface area contributed by atoms with Crippen LogP contribution in [0.5, 0.6) is 0 Å². The van der Waals surface area contributed by atoms with Crippen LogP contribution in [0.1, 0.15) is 24.1 Å². The minimum atomic E-state index is -0.652. The highest BCUT2D eigenvalue weighted by molar-refractivity contribution is 5.98. The van der Waals surface area contributed by atoms with Crippen LogP contribution in [0.4, 0.5) is 10.5 Å². The number of carbonyl (C=O) groups excluding carboxylic acids is 2. The minimum absolute atomic E-state index is 0.399. The summed E-state index contributed by atoms with van der Waals surface area (Å²) < 4.78 is 0. The quantitative estimate of drug-likeness (QED) is 0.795. The Morgan fingerprint density at radius 1 is 1.04 bits per heavy atom. The maximum absolute atomic E-state index is 12.5. The molecule has 5 nitrogen and oxygen atoms in total. The van der Waals surface area contributed by atoms with E-state index in [2.05, 4.69) is 16.0 Å². The Morgan fingerprint density at radius 3 is 2.43 bits per heavy atom. The lowest BCUT2D eigenvalue weighted by Crippen LogP contribution is -2.43. The molecule has 0 saturated heterocycles. The van der Waals surface area contributed by atoms with E-state index in [0.29, 0.717) is 6.54 Å². The van der Waals surface area contributed by atoms with Gasteiger partial charge in [0.2, 0.25) is 0 Å². The molecule has 2 aromatic rings. The molecule has 0 aromatic heterocycles. The number of amides is 3. The Kier molecular flexibility index (Phi) is 5.74. The molecule has 3 N–H and O–H groups in total. The maximum Gasteiger partial charge on any atom is 0.321 e. The van der Waals surface area contributed by atoms with Crippen molar-refractivity contribution in [2.45, 2.75) is 19.9 Å². The molecular formula is C18H21N3O2. The molecule has 0 aliphatic rings. The van der Waals surface area contributed by atoms with Crippen LogP contribution >= 0.6 is 0 Å². The van der Waals surface area contributed by atoms with E-state index < -0.39 is 18.0 Å². The summed E-state index contributed by atoms with van der Waals surface area (Å²) in [5.74, 6) is -0.399. The Morgan fingerprint density at radius 2 is 1.78 bits per heavy atom. The molecule has 5 heteroatoms. The van der Waals surface area contributed by atoms with Gasteiger partial charge in [-0.2, -0.15) is 0 Å². The Balaban J connectivity index is 2.22. The van der Waals surface area contributed by atoms with Gasteiger partial charge in [-0.1, -0.05) is 42.5 Å². The van der Waals surface area contributed by atoms with Crippen LogP contribution in [0.15, 0.2) is 54.6 Å². The van der Waals surface area contributed by atoms with Crippen LogP contribution in [0.25, 0.3) is 0 Å². The van der Waals surface area contributed by atoms with Crippen molar-refractivity contribution in [3.8, 4) is 0 Å². The summed E-state index contributed by atoms with van der Waals surface area (Å²) in [7, 11) is 0. The Labute approximate surface area is 136 Å². The summed E-state index contributed by atoms with van der Waals surface area (Å²) in [5.41, 5.74) is 2.70. The van der Waals surface area contributed by atoms with Gasteiger partial charge in [0.05, 0.1) is 0 Å². The number of benzene rings is 2. The fourth-order valence-electron chi connectivity index (χ4n) is 2.24. The average molecular weight is 311 g/mol. The molecule has 3 amide bonds. The maximum atomic E-state index is 12.5. The third-order valence-corrected chi connectivity index (χ3v) is 3.30. The van der Waals surface area contributed by atoms with E-state index in [9.17, 15) is 9.59 Å². The van der Waals surface area contributed by atoms with Crippen molar-refractivity contribution in [2.24, 2.45) is 0 Å². The van der Waals surface area contributed by atoms with Crippen molar-refractivity contribution in [3.63, 3.8) is 0 Å². The van der Waals surface area contributed by atoms with Crippen LogP contribution in [-0.2, 0) is 4.79 Å². The summed E-state index contributed by atoms with van der Waals surface area (Å²) in [6.45, 7) is 4.24. The standard InChI is InChI=1S/C18H21N3O2/c1-3-19-18(23)21-17(22)16(14-9-5-4-6-10-14)20-15-11-7-8-13(2)12-15/h4-12,16,20H,3H2,1-2H3,(H2,19,21,22,23)/t16-/m0/s1. The summed E-state index contributed by atoms with van der Waals surface area (Å²) >= 11 is 0. The number of rotatable bonds is 5. The molecule has 0 radical (unpaired) electrons. The third kappa shape index (κ3) is 4.85. The summed E-state index contributed by atoms with van der Waals surface area (Å²) in [5, 5.41) is 8.11. The first kappa shape index (κ1) is 16.5. The number of imide groups is 1. The van der Waals surface area contributed by atoms with Gasteiger partial charge in [0, 0.05) is 12.2 Å². The number of nitrogens with one attached hydrogen (secondary N) is 3. The first-order valence-corrected chi connectivity index (χ1v) is 7.57. The molecule has 120 valence electrons. The molecule has 0 aliphatic heterocycles. The van der Waals surface area contributed by atoms with Crippen molar-refractivity contribution in [1.82, 2.24) is 10.6 Å². The van der Waals surface area contributed by atoms with E-state index in [1.165, 1.54) is 0 Å². The van der Waals surface area contributed by atoms with Crippen LogP contribution in [0.2, 0.25) is 0 Å². The third-order valence-electron chi connectivity index (χ3n) is 3.30. The number of aryl methyl sites for hydroxylation is 1. The van der Waals surface area contributed by atoms with Gasteiger partial charge in [0.25, 0.3) is 5.91 Å². The van der Waals surface area contributed by atoms with Gasteiger partial charge in [0.1, 0.15) is 6.04 Å². The molecule has 0 unspecified atom stereocenters. The van der Waals surface area contributed by atoms with E-state index in [4.69, 9.17) is 0 Å². The second-order valence-corrected chi connectivity index (χ2v) is 5.21. The number of anilines is 1. The van der Waals surface area contributed by atoms with Crippen LogP contribution in [0.3, 0.4) is 0 Å². The predicted octanol–water partition coefficient (Wildman–Crippen LogP) is 2.99. The normalized spacial score (nSPS) is 11.4. The second kappa shape index (κ2) is 7.98. The van der Waals surface area contributed by atoms with E-state index in [0.717, 1.165) is 16.8 Å². The summed E-state index contributed by atoms with van der Waals surface area (Å²) in [4.78, 5) is 24.1. The Bertz CT molecular complexity index is 671. The number of hydrogen-bond donors (Lipinski definition) is 3. The molecule has 2 aromatic carbocycles. The lowest BCUT2D eigenvalue weighted by atomic mass is 10.1. The molecule has 0 aliphatic carbocycles. The number of hydrogen-bond acceptors (Lipinski definition) is 3. The lowest BCUT2D eigenvalue weighted by Gasteiger charge is -2.20. The molecule has 23 heavy (non-hydrogen) atoms. The molecule has 0 bridgehead atoms. The minimum Gasteiger partial charge on any atom is -0.370 e. The van der Waals surface area contributed by atoms with Gasteiger partial charge >= 0.3 is 6.03 Å². The summed E-state index contributed by atoms with van der Waals surface area (Å²) in [6.07, 6.45) is 0. The van der Waals surface area contributed by atoms with Crippen molar-refractivity contribution < 1.29 is 9.59 Å². The van der Waals surface area contributed by atoms with Crippen LogP contribution < -0.4 is 16.0 Å². The van der Waals surface area contributed by atoms with Gasteiger partial charge in [-0.25, -0.2) is 4.79 Å². The van der Waals surface area contributed by atoms with Gasteiger partial charge in [-0.15, -0.1) is 0 Å². The van der Waals surface area contributed by atoms with Gasteiger partial charge in [-0.3, -0.25) is 10.1 Å². The SMILES string of the molecule is CCNC(=O)NC(=O)[C@@H](Nc1cccc(C)c1)c1ccccc1. The van der Waals surface area contributed by atoms with Gasteiger partial charge in [-0.05, 0) is 37.1 Å². The first-order valence-electron chi connectivity index (χ1n) is 7.57. The zero-order valence-corrected chi connectivity index (χ0v) is 13.3. The molecular weight excluding hydrogens is 290 g/mol. The topological polar surface area (TPSA) is 70.2 Å². The molecule has 0 fully saturated rings. The van der Waals surface area contributed by atoms with Crippen molar-refractivity contribution in [1.29, 1.82) is 0 Å². The van der Waals surface area contributed by atoms with E-state index in [-0.39, 0.29) is 0 Å². The van der Waals surface area contributed by atoms with Gasteiger partial charge in [0.15, 0.2) is 0 Å². The van der Waals surface area contributed by atoms with Crippen molar-refractivity contribution >= 4 is 17.6 Å². The average Bonchev–Trinajstić information content (AvgIpc) is 2.53. The summed E-state index contributed by atoms with van der Waals surface area (Å²) in [6, 6.07) is 15.9. The highest BCUT2D eigenvalue weighted by atomic mass is 16.2. The fraction of sp³-hybridized carbons (Fsp3) is 0.222. The van der Waals surface area contributed by atoms with E-state index >= 15 is 0 Å². The molecule has 2 rings (SSSR count). The highest BCUT2D eigenvalue weighted by Gasteiger charge is 2.22. The van der Waals surface area contributed by atoms with E-state index in [1.54, 1.807) is 6.92 Å². The predicted molar refractivity (Wildman–Crippen MR) is 91.2 cm³/mol. The van der Waals surface area contributed by atoms with Crippen molar-refractivity contribution in [3.05, 3.63) is 65.7 Å². The second-order valence-electron chi connectivity index (χ2n) is 5.21. The van der Waals surface area contributed by atoms with E-state index in [1.807, 2.05) is 61.5 Å². The molecule has 0 spiro atoms. The van der Waals surface area contributed by atoms with Gasteiger partial charge < -0.3 is 10.6 Å². The van der Waals surface area contributed by atoms with Crippen molar-refractivity contribution in [2.75, 3.05) is 11.9 Å². The Hall–Kier alpha value is -2.82. The number of urea groups is 1. The monoisotopic (exact) mass is 311 g/mol.